The first-order chi connectivity index (χ1) is 12.7. The number of para-hydroxylation sites is 1. The average Bonchev–Trinajstić information content (AvgIpc) is 2.99. The first-order valence-electron chi connectivity index (χ1n) is 9.30. The number of aryl methyl sites for hydroxylation is 1. The monoisotopic (exact) mass is 503 g/mol. The van der Waals surface area contributed by atoms with Crippen LogP contribution in [-0.2, 0) is 11.3 Å². The minimum Gasteiger partial charge on any atom is -0.459 e. The van der Waals surface area contributed by atoms with E-state index in [0.717, 1.165) is 55.7 Å². The van der Waals surface area contributed by atoms with E-state index < -0.39 is 0 Å². The largest absolute Gasteiger partial charge is 0.459 e. The van der Waals surface area contributed by atoms with Crippen molar-refractivity contribution in [3.8, 4) is 0 Å². The van der Waals surface area contributed by atoms with Crippen molar-refractivity contribution in [1.82, 2.24) is 10.6 Å². The van der Waals surface area contributed by atoms with Crippen LogP contribution in [0.2, 0.25) is 0 Å². The molecular weight excluding hydrogens is 473 g/mol. The van der Waals surface area contributed by atoms with Gasteiger partial charge in [0.2, 0.25) is 0 Å². The second-order valence-corrected chi connectivity index (χ2v) is 8.39. The van der Waals surface area contributed by atoms with Crippen molar-refractivity contribution < 1.29 is 9.15 Å². The molecule has 0 bridgehead atoms. The highest BCUT2D eigenvalue weighted by Crippen LogP contribution is 2.34. The summed E-state index contributed by atoms with van der Waals surface area (Å²) in [6.07, 6.45) is 2.16. The van der Waals surface area contributed by atoms with Gasteiger partial charge in [-0.2, -0.15) is 11.8 Å². The van der Waals surface area contributed by atoms with Gasteiger partial charge in [-0.1, -0.05) is 25.1 Å². The summed E-state index contributed by atoms with van der Waals surface area (Å²) in [6, 6.07) is 8.15. The molecule has 0 unspecified atom stereocenters. The summed E-state index contributed by atoms with van der Waals surface area (Å²) >= 11 is 2.03. The lowest BCUT2D eigenvalue weighted by atomic mass is 9.99. The van der Waals surface area contributed by atoms with Gasteiger partial charge in [-0.05, 0) is 31.6 Å². The molecule has 1 aromatic heterocycles. The molecule has 0 radical (unpaired) electrons. The number of thioether (sulfide) groups is 1. The van der Waals surface area contributed by atoms with Crippen molar-refractivity contribution in [3.05, 3.63) is 35.6 Å². The third-order valence-electron chi connectivity index (χ3n) is 5.02. The van der Waals surface area contributed by atoms with Gasteiger partial charge in [-0.15, -0.1) is 24.0 Å². The van der Waals surface area contributed by atoms with Gasteiger partial charge in [0.25, 0.3) is 0 Å². The van der Waals surface area contributed by atoms with E-state index in [0.29, 0.717) is 6.54 Å². The van der Waals surface area contributed by atoms with Crippen molar-refractivity contribution in [2.45, 2.75) is 38.0 Å². The van der Waals surface area contributed by atoms with E-state index in [2.05, 4.69) is 35.5 Å². The molecule has 5 nitrogen and oxygen atoms in total. The minimum atomic E-state index is 0. The molecule has 2 aromatic rings. The molecule has 3 rings (SSSR count). The molecule has 1 aliphatic rings. The maximum atomic E-state index is 5.98. The van der Waals surface area contributed by atoms with Crippen LogP contribution < -0.4 is 10.6 Å². The number of aliphatic imine (C=N–C) groups is 1. The number of benzene rings is 1. The smallest absolute Gasteiger partial charge is 0.191 e. The zero-order valence-corrected chi connectivity index (χ0v) is 19.5. The zero-order valence-electron chi connectivity index (χ0n) is 16.3. The molecular formula is C20H30IN3O2S. The molecule has 0 spiro atoms. The first-order valence-corrected chi connectivity index (χ1v) is 10.3. The van der Waals surface area contributed by atoms with Gasteiger partial charge < -0.3 is 19.8 Å². The highest BCUT2D eigenvalue weighted by Gasteiger charge is 2.32. The second kappa shape index (κ2) is 10.6. The van der Waals surface area contributed by atoms with Crippen LogP contribution in [0.4, 0.5) is 0 Å². The standard InChI is InChI=1S/C20H29N3O2S.HI/c1-4-26-20(9-11-24-12-10-20)14-23-19(21-3)22-13-18-15(2)16-7-5-6-8-17(16)25-18;/h5-8H,4,9-14H2,1-3H3,(H2,21,22,23);1H. The van der Waals surface area contributed by atoms with E-state index in [-0.39, 0.29) is 28.7 Å². The summed E-state index contributed by atoms with van der Waals surface area (Å²) in [5, 5.41) is 8.07. The highest BCUT2D eigenvalue weighted by molar-refractivity contribution is 14.0. The van der Waals surface area contributed by atoms with Crippen LogP contribution in [0.5, 0.6) is 0 Å². The Balaban J connectivity index is 0.00000261. The summed E-state index contributed by atoms with van der Waals surface area (Å²) < 4.78 is 11.8. The number of halogens is 1. The van der Waals surface area contributed by atoms with Gasteiger partial charge in [-0.3, -0.25) is 4.99 Å². The summed E-state index contributed by atoms with van der Waals surface area (Å²) in [7, 11) is 1.81. The Bertz CT molecular complexity index is 751. The summed E-state index contributed by atoms with van der Waals surface area (Å²) in [5.74, 6) is 2.89. The lowest BCUT2D eigenvalue weighted by Gasteiger charge is -2.37. The Labute approximate surface area is 183 Å². The molecule has 0 atom stereocenters. The average molecular weight is 503 g/mol. The lowest BCUT2D eigenvalue weighted by molar-refractivity contribution is 0.0782. The third kappa shape index (κ3) is 5.54. The van der Waals surface area contributed by atoms with Gasteiger partial charge in [0.1, 0.15) is 11.3 Å². The summed E-state index contributed by atoms with van der Waals surface area (Å²) in [6.45, 7) is 7.54. The van der Waals surface area contributed by atoms with Crippen LogP contribution in [0.3, 0.4) is 0 Å². The number of hydrogen-bond acceptors (Lipinski definition) is 4. The Morgan fingerprint density at radius 1 is 1.22 bits per heavy atom. The number of fused-ring (bicyclic) bond motifs is 1. The maximum Gasteiger partial charge on any atom is 0.191 e. The fourth-order valence-electron chi connectivity index (χ4n) is 3.44. The molecule has 1 aliphatic heterocycles. The van der Waals surface area contributed by atoms with Crippen LogP contribution in [0.15, 0.2) is 33.7 Å². The van der Waals surface area contributed by atoms with Gasteiger partial charge in [0, 0.05) is 42.5 Å². The van der Waals surface area contributed by atoms with E-state index in [1.807, 2.05) is 37.0 Å². The molecule has 1 fully saturated rings. The fraction of sp³-hybridized carbons (Fsp3) is 0.550. The Morgan fingerprint density at radius 2 is 1.96 bits per heavy atom. The van der Waals surface area contributed by atoms with Crippen LogP contribution >= 0.6 is 35.7 Å². The van der Waals surface area contributed by atoms with Crippen LogP contribution in [0.25, 0.3) is 11.0 Å². The van der Waals surface area contributed by atoms with Gasteiger partial charge in [0.15, 0.2) is 5.96 Å². The van der Waals surface area contributed by atoms with E-state index in [1.165, 1.54) is 10.9 Å². The SMILES string of the molecule is CCSC1(CNC(=NC)NCc2oc3ccccc3c2C)CCOCC1.I. The lowest BCUT2D eigenvalue weighted by Crippen LogP contribution is -2.48. The number of ether oxygens (including phenoxy) is 1. The zero-order chi connectivity index (χ0) is 18.4. The Morgan fingerprint density at radius 3 is 2.63 bits per heavy atom. The molecule has 0 aliphatic carbocycles. The highest BCUT2D eigenvalue weighted by atomic mass is 127. The molecule has 0 saturated carbocycles. The van der Waals surface area contributed by atoms with Crippen LogP contribution in [-0.4, -0.2) is 43.3 Å². The predicted octanol–water partition coefficient (Wildman–Crippen LogP) is 4.33. The Hall–Kier alpha value is -0.930. The fourth-order valence-corrected chi connectivity index (χ4v) is 4.69. The molecule has 0 amide bonds. The topological polar surface area (TPSA) is 58.8 Å². The van der Waals surface area contributed by atoms with Crippen molar-refractivity contribution in [3.63, 3.8) is 0 Å². The van der Waals surface area contributed by atoms with E-state index >= 15 is 0 Å². The molecule has 2 heterocycles. The third-order valence-corrected chi connectivity index (χ3v) is 6.47. The van der Waals surface area contributed by atoms with Crippen LogP contribution in [0, 0.1) is 6.92 Å². The molecule has 27 heavy (non-hydrogen) atoms. The number of nitrogens with one attached hydrogen (secondary N) is 2. The number of furan rings is 1. The van der Waals surface area contributed by atoms with E-state index in [4.69, 9.17) is 9.15 Å². The second-order valence-electron chi connectivity index (χ2n) is 6.65. The van der Waals surface area contributed by atoms with Crippen molar-refractivity contribution in [2.24, 2.45) is 4.99 Å². The summed E-state index contributed by atoms with van der Waals surface area (Å²) in [4.78, 5) is 4.37. The number of nitrogens with zero attached hydrogens (tertiary/aromatic N) is 1. The number of hydrogen-bond donors (Lipinski definition) is 2. The normalized spacial score (nSPS) is 16.8. The number of rotatable bonds is 6. The molecule has 7 heteroatoms. The molecule has 2 N–H and O–H groups in total. The van der Waals surface area contributed by atoms with Gasteiger partial charge in [0.05, 0.1) is 6.54 Å². The predicted molar refractivity (Wildman–Crippen MR) is 125 cm³/mol. The molecule has 1 saturated heterocycles. The number of guanidine groups is 1. The Kier molecular flexibility index (Phi) is 8.75. The first kappa shape index (κ1) is 22.4. The van der Waals surface area contributed by atoms with Crippen LogP contribution in [0.1, 0.15) is 31.1 Å². The van der Waals surface area contributed by atoms with Gasteiger partial charge in [-0.25, -0.2) is 0 Å². The molecule has 150 valence electrons. The van der Waals surface area contributed by atoms with Crippen molar-refractivity contribution in [1.29, 1.82) is 0 Å². The summed E-state index contributed by atoms with van der Waals surface area (Å²) in [5.41, 5.74) is 2.12. The molecule has 1 aromatic carbocycles. The quantitative estimate of drug-likeness (QED) is 0.349. The van der Waals surface area contributed by atoms with Gasteiger partial charge >= 0.3 is 0 Å². The maximum absolute atomic E-state index is 5.98. The van der Waals surface area contributed by atoms with Crippen molar-refractivity contribution in [2.75, 3.05) is 32.6 Å². The van der Waals surface area contributed by atoms with E-state index in [1.54, 1.807) is 0 Å². The van der Waals surface area contributed by atoms with E-state index in [9.17, 15) is 0 Å². The minimum absolute atomic E-state index is 0. The van der Waals surface area contributed by atoms with Crippen molar-refractivity contribution >= 4 is 52.7 Å².